The molecule has 0 aromatic rings. The first kappa shape index (κ1) is 17.0. The number of rotatable bonds is 8. The third kappa shape index (κ3) is 4.19. The summed E-state index contributed by atoms with van der Waals surface area (Å²) in [6.07, 6.45) is 8.95. The number of hydrogen-bond acceptors (Lipinski definition) is 2. The Hall–Kier alpha value is -0.0800. The van der Waals surface area contributed by atoms with Crippen molar-refractivity contribution >= 4 is 0 Å². The number of ether oxygens (including phenoxy) is 1. The van der Waals surface area contributed by atoms with E-state index in [9.17, 15) is 0 Å². The van der Waals surface area contributed by atoms with Gasteiger partial charge in [0.25, 0.3) is 0 Å². The van der Waals surface area contributed by atoms with Gasteiger partial charge in [-0.2, -0.15) is 0 Å². The number of nitrogens with one attached hydrogen (secondary N) is 1. The van der Waals surface area contributed by atoms with Gasteiger partial charge in [0.2, 0.25) is 0 Å². The summed E-state index contributed by atoms with van der Waals surface area (Å²) < 4.78 is 6.02. The summed E-state index contributed by atoms with van der Waals surface area (Å²) in [5.41, 5.74) is 0.0247. The molecule has 1 saturated carbocycles. The zero-order valence-electron chi connectivity index (χ0n) is 13.8. The molecule has 2 nitrogen and oxygen atoms in total. The predicted molar refractivity (Wildman–Crippen MR) is 83.5 cm³/mol. The van der Waals surface area contributed by atoms with E-state index in [1.54, 1.807) is 0 Å². The fraction of sp³-hybridized carbons (Fsp3) is 1.00. The summed E-state index contributed by atoms with van der Waals surface area (Å²) in [5, 5.41) is 3.83. The van der Waals surface area contributed by atoms with Crippen LogP contribution in [0.15, 0.2) is 0 Å². The molecule has 0 aromatic heterocycles. The van der Waals surface area contributed by atoms with Gasteiger partial charge in [-0.05, 0) is 50.5 Å². The zero-order valence-corrected chi connectivity index (χ0v) is 13.8. The highest BCUT2D eigenvalue weighted by Gasteiger charge is 2.41. The number of hydrogen-bond donors (Lipinski definition) is 1. The van der Waals surface area contributed by atoms with Gasteiger partial charge in [0, 0.05) is 13.2 Å². The van der Waals surface area contributed by atoms with Crippen LogP contribution in [0, 0.1) is 11.8 Å². The second kappa shape index (κ2) is 8.26. The first-order valence-corrected chi connectivity index (χ1v) is 8.42. The van der Waals surface area contributed by atoms with Crippen LogP contribution in [-0.4, -0.2) is 25.3 Å². The summed E-state index contributed by atoms with van der Waals surface area (Å²) >= 11 is 0. The van der Waals surface area contributed by atoms with E-state index in [1.807, 2.05) is 7.11 Å². The van der Waals surface area contributed by atoms with E-state index < -0.39 is 0 Å². The molecule has 0 saturated heterocycles. The molecule has 1 fully saturated rings. The smallest absolute Gasteiger partial charge is 0.0828 e. The SMILES string of the molecule is CCCNC(C1CCCC(C)C1)C(CC)(CC)OC. The van der Waals surface area contributed by atoms with Crippen molar-refractivity contribution in [1.82, 2.24) is 5.32 Å². The molecule has 0 radical (unpaired) electrons. The molecule has 1 aliphatic rings. The fourth-order valence-electron chi connectivity index (χ4n) is 3.97. The maximum atomic E-state index is 6.02. The Morgan fingerprint density at radius 3 is 2.37 bits per heavy atom. The average Bonchev–Trinajstić information content (AvgIpc) is 2.44. The van der Waals surface area contributed by atoms with Crippen molar-refractivity contribution in [3.63, 3.8) is 0 Å². The van der Waals surface area contributed by atoms with Crippen molar-refractivity contribution in [2.24, 2.45) is 11.8 Å². The first-order chi connectivity index (χ1) is 9.13. The minimum atomic E-state index is 0.0247. The summed E-state index contributed by atoms with van der Waals surface area (Å²) in [6, 6.07) is 0.523. The van der Waals surface area contributed by atoms with Gasteiger partial charge >= 0.3 is 0 Å². The number of methoxy groups -OCH3 is 1. The molecule has 2 heteroatoms. The van der Waals surface area contributed by atoms with E-state index in [4.69, 9.17) is 4.74 Å². The summed E-state index contributed by atoms with van der Waals surface area (Å²) in [7, 11) is 1.90. The largest absolute Gasteiger partial charge is 0.377 e. The fourth-order valence-corrected chi connectivity index (χ4v) is 3.97. The Morgan fingerprint density at radius 1 is 1.21 bits per heavy atom. The van der Waals surface area contributed by atoms with Crippen molar-refractivity contribution in [2.75, 3.05) is 13.7 Å². The van der Waals surface area contributed by atoms with E-state index in [1.165, 1.54) is 32.1 Å². The van der Waals surface area contributed by atoms with E-state index in [-0.39, 0.29) is 5.60 Å². The van der Waals surface area contributed by atoms with E-state index >= 15 is 0 Å². The average molecular weight is 269 g/mol. The van der Waals surface area contributed by atoms with Crippen molar-refractivity contribution < 1.29 is 4.74 Å². The van der Waals surface area contributed by atoms with Crippen LogP contribution in [0.4, 0.5) is 0 Å². The maximum absolute atomic E-state index is 6.02. The highest BCUT2D eigenvalue weighted by atomic mass is 16.5. The normalized spacial score (nSPS) is 26.4. The molecule has 0 aromatic carbocycles. The summed E-state index contributed by atoms with van der Waals surface area (Å²) in [4.78, 5) is 0. The molecular weight excluding hydrogens is 234 g/mol. The molecule has 0 amide bonds. The molecule has 3 atom stereocenters. The molecule has 0 bridgehead atoms. The van der Waals surface area contributed by atoms with Crippen LogP contribution in [-0.2, 0) is 4.74 Å². The highest BCUT2D eigenvalue weighted by Crippen LogP contribution is 2.38. The molecule has 0 spiro atoms. The minimum absolute atomic E-state index is 0.0247. The van der Waals surface area contributed by atoms with E-state index in [0.29, 0.717) is 6.04 Å². The molecule has 0 aliphatic heterocycles. The van der Waals surface area contributed by atoms with Gasteiger partial charge in [0.15, 0.2) is 0 Å². The molecule has 1 aliphatic carbocycles. The van der Waals surface area contributed by atoms with Crippen molar-refractivity contribution in [3.8, 4) is 0 Å². The Morgan fingerprint density at radius 2 is 1.89 bits per heavy atom. The van der Waals surface area contributed by atoms with Crippen LogP contribution in [0.3, 0.4) is 0 Å². The van der Waals surface area contributed by atoms with Gasteiger partial charge < -0.3 is 10.1 Å². The quantitative estimate of drug-likeness (QED) is 0.706. The Kier molecular flexibility index (Phi) is 7.38. The lowest BCUT2D eigenvalue weighted by Crippen LogP contribution is -2.56. The molecular formula is C17H35NO. The van der Waals surface area contributed by atoms with Gasteiger partial charge in [-0.15, -0.1) is 0 Å². The van der Waals surface area contributed by atoms with Crippen molar-refractivity contribution in [1.29, 1.82) is 0 Å². The van der Waals surface area contributed by atoms with E-state index in [0.717, 1.165) is 31.2 Å². The van der Waals surface area contributed by atoms with Crippen LogP contribution in [0.25, 0.3) is 0 Å². The predicted octanol–water partition coefficient (Wildman–Crippen LogP) is 4.39. The highest BCUT2D eigenvalue weighted by molar-refractivity contribution is 4.96. The van der Waals surface area contributed by atoms with E-state index in [2.05, 4.69) is 33.0 Å². The van der Waals surface area contributed by atoms with Gasteiger partial charge in [-0.25, -0.2) is 0 Å². The lowest BCUT2D eigenvalue weighted by atomic mass is 9.71. The molecule has 114 valence electrons. The zero-order chi connectivity index (χ0) is 14.3. The van der Waals surface area contributed by atoms with Crippen LogP contribution in [0.5, 0.6) is 0 Å². The van der Waals surface area contributed by atoms with Gasteiger partial charge in [0.1, 0.15) is 0 Å². The van der Waals surface area contributed by atoms with Crippen molar-refractivity contribution in [3.05, 3.63) is 0 Å². The van der Waals surface area contributed by atoms with Crippen LogP contribution in [0.2, 0.25) is 0 Å². The Balaban J connectivity index is 2.84. The molecule has 19 heavy (non-hydrogen) atoms. The lowest BCUT2D eigenvalue weighted by molar-refractivity contribution is -0.0690. The van der Waals surface area contributed by atoms with Crippen LogP contribution < -0.4 is 5.32 Å². The lowest BCUT2D eigenvalue weighted by Gasteiger charge is -2.45. The molecule has 1 N–H and O–H groups in total. The third-order valence-corrected chi connectivity index (χ3v) is 5.23. The summed E-state index contributed by atoms with van der Waals surface area (Å²) in [5.74, 6) is 1.67. The summed E-state index contributed by atoms with van der Waals surface area (Å²) in [6.45, 7) is 10.3. The van der Waals surface area contributed by atoms with Crippen LogP contribution in [0.1, 0.15) is 72.6 Å². The standard InChI is InChI=1S/C17H35NO/c1-6-12-18-16(17(7-2,8-3)19-5)15-11-9-10-14(4)13-15/h14-16,18H,6-13H2,1-5H3. The second-order valence-corrected chi connectivity index (χ2v) is 6.44. The molecule has 0 heterocycles. The minimum Gasteiger partial charge on any atom is -0.377 e. The molecule has 3 unspecified atom stereocenters. The topological polar surface area (TPSA) is 21.3 Å². The van der Waals surface area contributed by atoms with Gasteiger partial charge in [-0.3, -0.25) is 0 Å². The Labute approximate surface area is 120 Å². The molecule has 1 rings (SSSR count). The first-order valence-electron chi connectivity index (χ1n) is 8.42. The monoisotopic (exact) mass is 269 g/mol. The third-order valence-electron chi connectivity index (χ3n) is 5.23. The van der Waals surface area contributed by atoms with Crippen molar-refractivity contribution in [2.45, 2.75) is 84.3 Å². The van der Waals surface area contributed by atoms with Gasteiger partial charge in [0.05, 0.1) is 5.60 Å². The maximum Gasteiger partial charge on any atom is 0.0828 e. The Bertz CT molecular complexity index is 229. The second-order valence-electron chi connectivity index (χ2n) is 6.44. The van der Waals surface area contributed by atoms with Crippen LogP contribution >= 0.6 is 0 Å². The van der Waals surface area contributed by atoms with Gasteiger partial charge in [-0.1, -0.05) is 40.5 Å².